The Morgan fingerprint density at radius 3 is 3.09 bits per heavy atom. The number of anilines is 2. The van der Waals surface area contributed by atoms with Crippen LogP contribution in [0.25, 0.3) is 22.1 Å². The molecule has 0 saturated carbocycles. The number of halogens is 1. The van der Waals surface area contributed by atoms with E-state index >= 15 is 0 Å². The van der Waals surface area contributed by atoms with Crippen LogP contribution >= 0.6 is 11.6 Å². The third-order valence-corrected chi connectivity index (χ3v) is 4.48. The van der Waals surface area contributed by atoms with Gasteiger partial charge in [0.25, 0.3) is 0 Å². The first-order valence-electron chi connectivity index (χ1n) is 7.76. The fraction of sp³-hybridized carbons (Fsp3) is 0.375. The Balaban J connectivity index is 1.95. The topological polar surface area (TPSA) is 80.2 Å². The van der Waals surface area contributed by atoms with Crippen molar-refractivity contribution in [3.05, 3.63) is 23.2 Å². The molecule has 23 heavy (non-hydrogen) atoms. The highest BCUT2D eigenvalue weighted by Crippen LogP contribution is 2.36. The van der Waals surface area contributed by atoms with Gasteiger partial charge in [0.05, 0.1) is 5.02 Å². The van der Waals surface area contributed by atoms with Crippen molar-refractivity contribution in [1.29, 1.82) is 0 Å². The van der Waals surface area contributed by atoms with Gasteiger partial charge in [-0.15, -0.1) is 0 Å². The minimum atomic E-state index is 0.250. The lowest BCUT2D eigenvalue weighted by atomic mass is 10.2. The summed E-state index contributed by atoms with van der Waals surface area (Å²) in [5, 5.41) is 4.90. The third-order valence-electron chi connectivity index (χ3n) is 4.18. The first-order chi connectivity index (χ1) is 11.1. The van der Waals surface area contributed by atoms with Crippen LogP contribution in [0.15, 0.2) is 22.6 Å². The van der Waals surface area contributed by atoms with E-state index in [9.17, 15) is 0 Å². The molecule has 3 N–H and O–H groups in total. The summed E-state index contributed by atoms with van der Waals surface area (Å²) in [5.74, 6) is 0.996. The maximum absolute atomic E-state index is 6.26. The molecular formula is C16H18ClN5O. The van der Waals surface area contributed by atoms with Crippen LogP contribution in [0.1, 0.15) is 13.3 Å². The SMILES string of the molecule is C[C@H]1CN(c2nc(N)nc3c2oc2c(Cl)cccc23)CCCN1. The van der Waals surface area contributed by atoms with Crippen molar-refractivity contribution in [2.24, 2.45) is 0 Å². The number of benzene rings is 1. The Hall–Kier alpha value is -2.05. The lowest BCUT2D eigenvalue weighted by molar-refractivity contribution is 0.582. The molecule has 0 aliphatic carbocycles. The van der Waals surface area contributed by atoms with Gasteiger partial charge in [0.1, 0.15) is 5.52 Å². The van der Waals surface area contributed by atoms with Crippen LogP contribution in [-0.2, 0) is 0 Å². The standard InChI is InChI=1S/C16H18ClN5O/c1-9-8-22(7-3-6-19-9)15-14-12(20-16(18)21-15)10-4-2-5-11(17)13(10)23-14/h2,4-5,9,19H,3,6-8H2,1H3,(H2,18,20,21)/t9-/m0/s1. The van der Waals surface area contributed by atoms with Crippen LogP contribution in [-0.4, -0.2) is 35.6 Å². The van der Waals surface area contributed by atoms with Crippen molar-refractivity contribution < 1.29 is 4.42 Å². The first kappa shape index (κ1) is 14.5. The zero-order chi connectivity index (χ0) is 16.0. The summed E-state index contributed by atoms with van der Waals surface area (Å²) in [6.45, 7) is 4.90. The van der Waals surface area contributed by atoms with Gasteiger partial charge in [0.15, 0.2) is 17.0 Å². The van der Waals surface area contributed by atoms with Gasteiger partial charge in [-0.25, -0.2) is 4.98 Å². The molecule has 6 nitrogen and oxygen atoms in total. The minimum absolute atomic E-state index is 0.250. The van der Waals surface area contributed by atoms with Crippen LogP contribution in [0.4, 0.5) is 11.8 Å². The molecule has 0 amide bonds. The Morgan fingerprint density at radius 1 is 1.35 bits per heavy atom. The van der Waals surface area contributed by atoms with Gasteiger partial charge in [-0.2, -0.15) is 4.98 Å². The van der Waals surface area contributed by atoms with E-state index in [1.807, 2.05) is 12.1 Å². The number of rotatable bonds is 1. The summed E-state index contributed by atoms with van der Waals surface area (Å²) in [7, 11) is 0. The number of aromatic nitrogens is 2. The summed E-state index contributed by atoms with van der Waals surface area (Å²) in [6.07, 6.45) is 1.04. The molecule has 1 saturated heterocycles. The van der Waals surface area contributed by atoms with Gasteiger partial charge < -0.3 is 20.4 Å². The lowest BCUT2D eigenvalue weighted by Gasteiger charge is -2.23. The zero-order valence-electron chi connectivity index (χ0n) is 12.8. The highest BCUT2D eigenvalue weighted by atomic mass is 35.5. The predicted molar refractivity (Wildman–Crippen MR) is 93.0 cm³/mol. The highest BCUT2D eigenvalue weighted by molar-refractivity contribution is 6.35. The van der Waals surface area contributed by atoms with Crippen LogP contribution in [0.2, 0.25) is 5.02 Å². The molecule has 1 aliphatic heterocycles. The van der Waals surface area contributed by atoms with Gasteiger partial charge in [-0.1, -0.05) is 17.7 Å². The monoisotopic (exact) mass is 331 g/mol. The molecule has 2 aromatic heterocycles. The van der Waals surface area contributed by atoms with E-state index in [1.165, 1.54) is 0 Å². The number of nitrogens with one attached hydrogen (secondary N) is 1. The molecule has 4 rings (SSSR count). The van der Waals surface area contributed by atoms with Gasteiger partial charge in [-0.05, 0) is 32.0 Å². The van der Waals surface area contributed by atoms with E-state index in [1.54, 1.807) is 6.07 Å². The quantitative estimate of drug-likeness (QED) is 0.713. The summed E-state index contributed by atoms with van der Waals surface area (Å²) in [6, 6.07) is 6.00. The van der Waals surface area contributed by atoms with E-state index in [0.29, 0.717) is 22.2 Å². The smallest absolute Gasteiger partial charge is 0.222 e. The summed E-state index contributed by atoms with van der Waals surface area (Å²) in [5.41, 5.74) is 7.95. The normalized spacial score (nSPS) is 19.4. The molecule has 3 aromatic rings. The number of furan rings is 1. The molecule has 1 aromatic carbocycles. The second kappa shape index (κ2) is 5.54. The summed E-state index contributed by atoms with van der Waals surface area (Å²) < 4.78 is 6.02. The molecule has 3 heterocycles. The average Bonchev–Trinajstić information content (AvgIpc) is 2.75. The largest absolute Gasteiger partial charge is 0.449 e. The Kier molecular flexibility index (Phi) is 3.50. The molecule has 120 valence electrons. The Labute approximate surface area is 138 Å². The Morgan fingerprint density at radius 2 is 2.22 bits per heavy atom. The Bertz CT molecular complexity index is 878. The average molecular weight is 332 g/mol. The number of para-hydroxylation sites is 1. The molecule has 0 radical (unpaired) electrons. The minimum Gasteiger partial charge on any atom is -0.449 e. The van der Waals surface area contributed by atoms with Crippen molar-refractivity contribution in [3.63, 3.8) is 0 Å². The van der Waals surface area contributed by atoms with E-state index in [2.05, 4.69) is 27.1 Å². The summed E-state index contributed by atoms with van der Waals surface area (Å²) in [4.78, 5) is 11.0. The van der Waals surface area contributed by atoms with E-state index < -0.39 is 0 Å². The van der Waals surface area contributed by atoms with Crippen LogP contribution in [0.5, 0.6) is 0 Å². The number of nitrogen functional groups attached to an aromatic ring is 1. The highest BCUT2D eigenvalue weighted by Gasteiger charge is 2.23. The fourth-order valence-electron chi connectivity index (χ4n) is 3.14. The van der Waals surface area contributed by atoms with Crippen molar-refractivity contribution in [3.8, 4) is 0 Å². The van der Waals surface area contributed by atoms with E-state index in [0.717, 1.165) is 42.8 Å². The first-order valence-corrected chi connectivity index (χ1v) is 8.14. The molecule has 0 bridgehead atoms. The second-order valence-corrected chi connectivity index (χ2v) is 6.36. The number of hydrogen-bond donors (Lipinski definition) is 2. The number of nitrogens with zero attached hydrogens (tertiary/aromatic N) is 3. The van der Waals surface area contributed by atoms with E-state index in [-0.39, 0.29) is 5.95 Å². The maximum Gasteiger partial charge on any atom is 0.222 e. The zero-order valence-corrected chi connectivity index (χ0v) is 13.6. The number of hydrogen-bond acceptors (Lipinski definition) is 6. The van der Waals surface area contributed by atoms with E-state index in [4.69, 9.17) is 21.8 Å². The van der Waals surface area contributed by atoms with Gasteiger partial charge in [0, 0.05) is 24.5 Å². The molecule has 7 heteroatoms. The molecule has 1 fully saturated rings. The van der Waals surface area contributed by atoms with Crippen LogP contribution in [0.3, 0.4) is 0 Å². The summed E-state index contributed by atoms with van der Waals surface area (Å²) >= 11 is 6.26. The van der Waals surface area contributed by atoms with Crippen molar-refractivity contribution >= 4 is 45.4 Å². The second-order valence-electron chi connectivity index (χ2n) is 5.96. The number of nitrogens with two attached hydrogens (primary N) is 1. The fourth-order valence-corrected chi connectivity index (χ4v) is 3.36. The number of fused-ring (bicyclic) bond motifs is 3. The lowest BCUT2D eigenvalue weighted by Crippen LogP contribution is -2.35. The van der Waals surface area contributed by atoms with Gasteiger partial charge in [-0.3, -0.25) is 0 Å². The van der Waals surface area contributed by atoms with Crippen LogP contribution in [0, 0.1) is 0 Å². The van der Waals surface area contributed by atoms with Gasteiger partial charge >= 0.3 is 0 Å². The van der Waals surface area contributed by atoms with Crippen molar-refractivity contribution in [1.82, 2.24) is 15.3 Å². The molecule has 0 unspecified atom stereocenters. The molecule has 1 aliphatic rings. The predicted octanol–water partition coefficient (Wildman–Crippen LogP) is 2.80. The third kappa shape index (κ3) is 2.48. The van der Waals surface area contributed by atoms with Crippen molar-refractivity contribution in [2.75, 3.05) is 30.3 Å². The molecular weight excluding hydrogens is 314 g/mol. The van der Waals surface area contributed by atoms with Gasteiger partial charge in [0.2, 0.25) is 5.95 Å². The maximum atomic E-state index is 6.26. The van der Waals surface area contributed by atoms with Crippen LogP contribution < -0.4 is 16.0 Å². The molecule has 1 atom stereocenters. The van der Waals surface area contributed by atoms with Crippen molar-refractivity contribution in [2.45, 2.75) is 19.4 Å². The molecule has 0 spiro atoms.